The summed E-state index contributed by atoms with van der Waals surface area (Å²) in [6, 6.07) is 0.202. The minimum absolute atomic E-state index is 0.202. The van der Waals surface area contributed by atoms with Crippen LogP contribution in [-0.2, 0) is 11.3 Å². The molecule has 0 saturated heterocycles. The molecule has 2 N–H and O–H groups in total. The van der Waals surface area contributed by atoms with Crippen molar-refractivity contribution in [2.75, 3.05) is 6.61 Å². The number of nitrogens with zero attached hydrogens (tertiary/aromatic N) is 2. The van der Waals surface area contributed by atoms with Gasteiger partial charge in [-0.2, -0.15) is 4.98 Å². The van der Waals surface area contributed by atoms with Gasteiger partial charge in [-0.1, -0.05) is 12.1 Å². The zero-order chi connectivity index (χ0) is 12.5. The Kier molecular flexibility index (Phi) is 3.35. The lowest BCUT2D eigenvalue weighted by Gasteiger charge is -2.24. The van der Waals surface area contributed by atoms with Crippen LogP contribution in [0.1, 0.15) is 50.2 Å². The van der Waals surface area contributed by atoms with Gasteiger partial charge in [0.15, 0.2) is 5.82 Å². The Morgan fingerprint density at radius 3 is 2.94 bits per heavy atom. The summed E-state index contributed by atoms with van der Waals surface area (Å²) in [6.07, 6.45) is 4.76. The molecule has 4 unspecified atom stereocenters. The zero-order valence-corrected chi connectivity index (χ0v) is 10.8. The van der Waals surface area contributed by atoms with Crippen LogP contribution in [0.4, 0.5) is 0 Å². The van der Waals surface area contributed by atoms with Crippen molar-refractivity contribution >= 4 is 0 Å². The molecule has 1 heterocycles. The van der Waals surface area contributed by atoms with E-state index in [1.807, 2.05) is 0 Å². The number of hydrogen-bond acceptors (Lipinski definition) is 5. The topological polar surface area (TPSA) is 74.2 Å². The molecule has 1 aromatic rings. The van der Waals surface area contributed by atoms with Gasteiger partial charge in [0.1, 0.15) is 6.61 Å². The van der Waals surface area contributed by atoms with Crippen molar-refractivity contribution in [3.05, 3.63) is 11.7 Å². The third-order valence-corrected chi connectivity index (χ3v) is 4.33. The molecular weight excluding hydrogens is 230 g/mol. The van der Waals surface area contributed by atoms with Crippen molar-refractivity contribution in [2.45, 2.75) is 51.2 Å². The van der Waals surface area contributed by atoms with Gasteiger partial charge in [-0.25, -0.2) is 0 Å². The molecule has 1 aromatic heterocycles. The molecule has 3 rings (SSSR count). The predicted molar refractivity (Wildman–Crippen MR) is 65.8 cm³/mol. The van der Waals surface area contributed by atoms with Crippen LogP contribution in [0.3, 0.4) is 0 Å². The molecule has 2 fully saturated rings. The van der Waals surface area contributed by atoms with Crippen LogP contribution < -0.4 is 5.73 Å². The van der Waals surface area contributed by atoms with E-state index >= 15 is 0 Å². The summed E-state index contributed by atoms with van der Waals surface area (Å²) >= 11 is 0. The van der Waals surface area contributed by atoms with Gasteiger partial charge in [0.25, 0.3) is 0 Å². The highest BCUT2D eigenvalue weighted by molar-refractivity contribution is 5.11. The van der Waals surface area contributed by atoms with E-state index in [9.17, 15) is 0 Å². The molecule has 100 valence electrons. The Labute approximate surface area is 107 Å². The fraction of sp³-hybridized carbons (Fsp3) is 0.846. The van der Waals surface area contributed by atoms with Crippen molar-refractivity contribution in [3.8, 4) is 0 Å². The summed E-state index contributed by atoms with van der Waals surface area (Å²) in [6.45, 7) is 3.25. The Hall–Kier alpha value is -0.940. The van der Waals surface area contributed by atoms with E-state index in [1.54, 1.807) is 0 Å². The van der Waals surface area contributed by atoms with Gasteiger partial charge in [0, 0.05) is 12.6 Å². The van der Waals surface area contributed by atoms with E-state index in [0.717, 1.165) is 18.9 Å². The lowest BCUT2D eigenvalue weighted by Crippen LogP contribution is -2.34. The molecule has 4 atom stereocenters. The van der Waals surface area contributed by atoms with E-state index < -0.39 is 0 Å². The third-order valence-electron chi connectivity index (χ3n) is 4.33. The maximum atomic E-state index is 6.27. The van der Waals surface area contributed by atoms with Crippen LogP contribution in [0.2, 0.25) is 0 Å². The lowest BCUT2D eigenvalue weighted by atomic mass is 9.85. The van der Waals surface area contributed by atoms with Crippen LogP contribution in [-0.4, -0.2) is 22.8 Å². The molecule has 0 aromatic carbocycles. The summed E-state index contributed by atoms with van der Waals surface area (Å²) < 4.78 is 10.8. The molecule has 0 radical (unpaired) electrons. The number of nitrogens with two attached hydrogens (primary N) is 1. The number of fused-ring (bicyclic) bond motifs is 2. The molecule has 5 nitrogen and oxygen atoms in total. The molecule has 5 heteroatoms. The zero-order valence-electron chi connectivity index (χ0n) is 10.8. The lowest BCUT2D eigenvalue weighted by molar-refractivity contribution is 0.114. The first-order valence-corrected chi connectivity index (χ1v) is 6.95. The SMILES string of the molecule is CCCOCc1noc(C2C3CCC(C3)C2N)n1. The second-order valence-electron chi connectivity index (χ2n) is 5.54. The summed E-state index contributed by atoms with van der Waals surface area (Å²) in [5.41, 5.74) is 6.27. The first kappa shape index (κ1) is 12.1. The van der Waals surface area contributed by atoms with Gasteiger partial charge in [0.05, 0.1) is 5.92 Å². The Morgan fingerprint density at radius 1 is 1.39 bits per heavy atom. The van der Waals surface area contributed by atoms with E-state index in [0.29, 0.717) is 24.3 Å². The fourth-order valence-electron chi connectivity index (χ4n) is 3.47. The smallest absolute Gasteiger partial charge is 0.231 e. The maximum absolute atomic E-state index is 6.27. The first-order valence-electron chi connectivity index (χ1n) is 6.95. The van der Waals surface area contributed by atoms with Crippen molar-refractivity contribution in [1.82, 2.24) is 10.1 Å². The molecule has 0 amide bonds. The Morgan fingerprint density at radius 2 is 2.22 bits per heavy atom. The average molecular weight is 251 g/mol. The largest absolute Gasteiger partial charge is 0.373 e. The normalized spacial score (nSPS) is 34.3. The van der Waals surface area contributed by atoms with Crippen molar-refractivity contribution in [3.63, 3.8) is 0 Å². The number of rotatable bonds is 5. The standard InChI is InChI=1S/C13H21N3O2/c1-2-5-17-7-10-15-13(18-16-10)11-8-3-4-9(6-8)12(11)14/h8-9,11-12H,2-7,14H2,1H3. The van der Waals surface area contributed by atoms with Crippen LogP contribution in [0.25, 0.3) is 0 Å². The van der Waals surface area contributed by atoms with Crippen LogP contribution in [0, 0.1) is 11.8 Å². The molecule has 2 saturated carbocycles. The van der Waals surface area contributed by atoms with Crippen LogP contribution in [0.15, 0.2) is 4.52 Å². The molecule has 0 spiro atoms. The number of hydrogen-bond donors (Lipinski definition) is 1. The van der Waals surface area contributed by atoms with E-state index in [1.165, 1.54) is 19.3 Å². The molecular formula is C13H21N3O2. The summed E-state index contributed by atoms with van der Waals surface area (Å²) in [4.78, 5) is 4.45. The van der Waals surface area contributed by atoms with Gasteiger partial charge < -0.3 is 15.0 Å². The van der Waals surface area contributed by atoms with Crippen LogP contribution in [0.5, 0.6) is 0 Å². The minimum atomic E-state index is 0.202. The van der Waals surface area contributed by atoms with Gasteiger partial charge in [-0.15, -0.1) is 0 Å². The quantitative estimate of drug-likeness (QED) is 0.808. The predicted octanol–water partition coefficient (Wildman–Crippen LogP) is 1.84. The van der Waals surface area contributed by atoms with Gasteiger partial charge in [-0.3, -0.25) is 0 Å². The highest BCUT2D eigenvalue weighted by atomic mass is 16.5. The van der Waals surface area contributed by atoms with Crippen molar-refractivity contribution in [1.29, 1.82) is 0 Å². The van der Waals surface area contributed by atoms with E-state index in [2.05, 4.69) is 17.1 Å². The minimum Gasteiger partial charge on any atom is -0.373 e. The van der Waals surface area contributed by atoms with E-state index in [4.69, 9.17) is 15.0 Å². The second-order valence-corrected chi connectivity index (χ2v) is 5.54. The highest BCUT2D eigenvalue weighted by Crippen LogP contribution is 2.51. The van der Waals surface area contributed by atoms with Crippen molar-refractivity contribution < 1.29 is 9.26 Å². The first-order chi connectivity index (χ1) is 8.79. The summed E-state index contributed by atoms with van der Waals surface area (Å²) in [5.74, 6) is 2.95. The molecule has 2 aliphatic rings. The molecule has 2 aliphatic carbocycles. The Balaban J connectivity index is 1.66. The summed E-state index contributed by atoms with van der Waals surface area (Å²) in [5, 5.41) is 3.98. The highest BCUT2D eigenvalue weighted by Gasteiger charge is 2.48. The Bertz CT molecular complexity index is 405. The molecule has 0 aliphatic heterocycles. The maximum Gasteiger partial charge on any atom is 0.231 e. The second kappa shape index (κ2) is 4.97. The summed E-state index contributed by atoms with van der Waals surface area (Å²) in [7, 11) is 0. The third kappa shape index (κ3) is 2.06. The van der Waals surface area contributed by atoms with Gasteiger partial charge >= 0.3 is 0 Å². The van der Waals surface area contributed by atoms with Crippen molar-refractivity contribution in [2.24, 2.45) is 17.6 Å². The number of aromatic nitrogens is 2. The average Bonchev–Trinajstić information content (AvgIpc) is 3.04. The van der Waals surface area contributed by atoms with Gasteiger partial charge in [0.2, 0.25) is 5.89 Å². The van der Waals surface area contributed by atoms with Gasteiger partial charge in [-0.05, 0) is 37.5 Å². The monoisotopic (exact) mass is 251 g/mol. The number of ether oxygens (including phenoxy) is 1. The molecule has 2 bridgehead atoms. The van der Waals surface area contributed by atoms with Crippen LogP contribution >= 0.6 is 0 Å². The fourth-order valence-corrected chi connectivity index (χ4v) is 3.47. The van der Waals surface area contributed by atoms with E-state index in [-0.39, 0.29) is 12.0 Å². The molecule has 18 heavy (non-hydrogen) atoms.